The molecule has 0 radical (unpaired) electrons. The Balaban J connectivity index is 1.80. The van der Waals surface area contributed by atoms with Gasteiger partial charge in [-0.2, -0.15) is 0 Å². The van der Waals surface area contributed by atoms with Gasteiger partial charge in [0.05, 0.1) is 25.8 Å². The van der Waals surface area contributed by atoms with E-state index in [-0.39, 0.29) is 12.3 Å². The van der Waals surface area contributed by atoms with Crippen molar-refractivity contribution in [2.24, 2.45) is 0 Å². The maximum absolute atomic E-state index is 11.7. The lowest BCUT2D eigenvalue weighted by Gasteiger charge is -2.01. The summed E-state index contributed by atoms with van der Waals surface area (Å²) in [4.78, 5) is 28.0. The number of anilines is 1. The molecule has 2 aromatic rings. The van der Waals surface area contributed by atoms with Crippen molar-refractivity contribution in [3.63, 3.8) is 0 Å². The first kappa shape index (κ1) is 14.5. The van der Waals surface area contributed by atoms with Gasteiger partial charge >= 0.3 is 6.09 Å². The zero-order valence-corrected chi connectivity index (χ0v) is 12.3. The zero-order valence-electron chi connectivity index (χ0n) is 10.7. The molecule has 106 valence electrons. The highest BCUT2D eigenvalue weighted by Crippen LogP contribution is 2.16. The predicted molar refractivity (Wildman–Crippen MR) is 78.0 cm³/mol. The number of ether oxygens (including phenoxy) is 1. The number of nitrogens with one attached hydrogen (secondary N) is 2. The normalized spacial score (nSPS) is 10.1. The number of thiazole rings is 1. The minimum Gasteiger partial charge on any atom is -0.453 e. The largest absolute Gasteiger partial charge is 0.453 e. The van der Waals surface area contributed by atoms with Crippen molar-refractivity contribution in [1.29, 1.82) is 0 Å². The van der Waals surface area contributed by atoms with E-state index in [9.17, 15) is 9.59 Å². The van der Waals surface area contributed by atoms with Crippen molar-refractivity contribution in [3.8, 4) is 0 Å². The highest BCUT2D eigenvalue weighted by molar-refractivity contribution is 7.13. The summed E-state index contributed by atoms with van der Waals surface area (Å²) in [5, 5.41) is 9.39. The van der Waals surface area contributed by atoms with Crippen molar-refractivity contribution in [1.82, 2.24) is 10.3 Å². The fraction of sp³-hybridized carbons (Fsp3) is 0.250. The van der Waals surface area contributed by atoms with Crippen molar-refractivity contribution in [2.75, 3.05) is 12.4 Å². The lowest BCUT2D eigenvalue weighted by atomic mass is 10.3. The number of methoxy groups -OCH3 is 1. The van der Waals surface area contributed by atoms with Gasteiger partial charge in [0.15, 0.2) is 5.13 Å². The molecule has 0 aliphatic rings. The molecule has 0 spiro atoms. The third kappa shape index (κ3) is 4.32. The van der Waals surface area contributed by atoms with Crippen LogP contribution >= 0.6 is 22.7 Å². The standard InChI is InChI=1S/C12H13N3O3S2/c1-18-12(17)15-11-14-8(7-20-11)5-10(16)13-6-9-3-2-4-19-9/h2-4,7H,5-6H2,1H3,(H,13,16)(H,14,15,17). The van der Waals surface area contributed by atoms with E-state index in [0.717, 1.165) is 4.88 Å². The first-order valence-corrected chi connectivity index (χ1v) is 7.52. The lowest BCUT2D eigenvalue weighted by molar-refractivity contribution is -0.120. The van der Waals surface area contributed by atoms with Crippen molar-refractivity contribution in [2.45, 2.75) is 13.0 Å². The number of amides is 2. The van der Waals surface area contributed by atoms with E-state index >= 15 is 0 Å². The van der Waals surface area contributed by atoms with E-state index < -0.39 is 6.09 Å². The third-order valence-electron chi connectivity index (χ3n) is 2.33. The Morgan fingerprint density at radius 3 is 2.95 bits per heavy atom. The van der Waals surface area contributed by atoms with Crippen LogP contribution in [0.15, 0.2) is 22.9 Å². The van der Waals surface area contributed by atoms with Gasteiger partial charge in [-0.25, -0.2) is 9.78 Å². The molecule has 0 aromatic carbocycles. The fourth-order valence-electron chi connectivity index (χ4n) is 1.41. The molecule has 0 aliphatic carbocycles. The fourth-order valence-corrected chi connectivity index (χ4v) is 2.75. The summed E-state index contributed by atoms with van der Waals surface area (Å²) in [6.07, 6.45) is -0.391. The highest BCUT2D eigenvalue weighted by atomic mass is 32.1. The number of carbonyl (C=O) groups excluding carboxylic acids is 2. The summed E-state index contributed by atoms with van der Waals surface area (Å²) in [6, 6.07) is 3.91. The van der Waals surface area contributed by atoms with Crippen LogP contribution in [0.25, 0.3) is 0 Å². The first-order valence-electron chi connectivity index (χ1n) is 5.76. The Hall–Kier alpha value is -1.93. The van der Waals surface area contributed by atoms with Crippen molar-refractivity contribution < 1.29 is 14.3 Å². The number of rotatable bonds is 5. The van der Waals surface area contributed by atoms with Gasteiger partial charge in [0.2, 0.25) is 5.91 Å². The second-order valence-corrected chi connectivity index (χ2v) is 5.68. The molecule has 2 amide bonds. The molecule has 0 saturated carbocycles. The Morgan fingerprint density at radius 1 is 1.40 bits per heavy atom. The van der Waals surface area contributed by atoms with Crippen molar-refractivity contribution in [3.05, 3.63) is 33.5 Å². The maximum Gasteiger partial charge on any atom is 0.413 e. The summed E-state index contributed by atoms with van der Waals surface area (Å²) < 4.78 is 4.46. The van der Waals surface area contributed by atoms with Crippen LogP contribution in [0, 0.1) is 0 Å². The van der Waals surface area contributed by atoms with E-state index in [0.29, 0.717) is 17.4 Å². The minimum absolute atomic E-state index is 0.103. The Kier molecular flexibility index (Phi) is 5.08. The topological polar surface area (TPSA) is 80.3 Å². The summed E-state index contributed by atoms with van der Waals surface area (Å²) >= 11 is 2.85. The number of aromatic nitrogens is 1. The van der Waals surface area contributed by atoms with Crippen LogP contribution in [-0.2, 0) is 22.5 Å². The van der Waals surface area contributed by atoms with E-state index in [1.807, 2.05) is 17.5 Å². The van der Waals surface area contributed by atoms with E-state index in [4.69, 9.17) is 0 Å². The zero-order chi connectivity index (χ0) is 14.4. The van der Waals surface area contributed by atoms with Gasteiger partial charge in [-0.05, 0) is 11.4 Å². The van der Waals surface area contributed by atoms with Crippen molar-refractivity contribution >= 4 is 39.8 Å². The predicted octanol–water partition coefficient (Wildman–Crippen LogP) is 2.24. The molecule has 0 saturated heterocycles. The second kappa shape index (κ2) is 7.01. The van der Waals surface area contributed by atoms with E-state index in [1.54, 1.807) is 16.7 Å². The molecule has 0 unspecified atom stereocenters. The molecule has 0 bridgehead atoms. The Morgan fingerprint density at radius 2 is 2.25 bits per heavy atom. The molecule has 0 fully saturated rings. The molecule has 20 heavy (non-hydrogen) atoms. The Labute approximate surface area is 123 Å². The van der Waals surface area contributed by atoms with Gasteiger partial charge in [0, 0.05) is 10.3 Å². The number of carbonyl (C=O) groups is 2. The summed E-state index contributed by atoms with van der Waals surface area (Å²) in [7, 11) is 1.28. The minimum atomic E-state index is -0.576. The number of nitrogens with zero attached hydrogens (tertiary/aromatic N) is 1. The molecule has 6 nitrogen and oxygen atoms in total. The van der Waals surface area contributed by atoms with Gasteiger partial charge in [-0.3, -0.25) is 10.1 Å². The van der Waals surface area contributed by atoms with Crippen LogP contribution in [0.4, 0.5) is 9.93 Å². The highest BCUT2D eigenvalue weighted by Gasteiger charge is 2.09. The van der Waals surface area contributed by atoms with Gasteiger partial charge < -0.3 is 10.1 Å². The molecule has 0 aliphatic heterocycles. The van der Waals surface area contributed by atoms with Gasteiger partial charge in [0.25, 0.3) is 0 Å². The van der Waals surface area contributed by atoms with Gasteiger partial charge in [0.1, 0.15) is 0 Å². The van der Waals surface area contributed by atoms with Crippen LogP contribution in [-0.4, -0.2) is 24.1 Å². The van der Waals surface area contributed by atoms with E-state index in [2.05, 4.69) is 20.4 Å². The number of thiophene rings is 1. The number of hydrogen-bond donors (Lipinski definition) is 2. The van der Waals surface area contributed by atoms with Crippen LogP contribution in [0.3, 0.4) is 0 Å². The quantitative estimate of drug-likeness (QED) is 0.887. The second-order valence-electron chi connectivity index (χ2n) is 3.79. The van der Waals surface area contributed by atoms with Gasteiger partial charge in [-0.1, -0.05) is 6.07 Å². The molecule has 8 heteroatoms. The summed E-state index contributed by atoms with van der Waals surface area (Å²) in [5.74, 6) is -0.103. The maximum atomic E-state index is 11.7. The van der Waals surface area contributed by atoms with Crippen LogP contribution in [0.1, 0.15) is 10.6 Å². The average molecular weight is 311 g/mol. The first-order chi connectivity index (χ1) is 9.67. The van der Waals surface area contributed by atoms with Crippen LogP contribution < -0.4 is 10.6 Å². The SMILES string of the molecule is COC(=O)Nc1nc(CC(=O)NCc2cccs2)cs1. The summed E-state index contributed by atoms with van der Waals surface area (Å²) in [5.41, 5.74) is 0.616. The van der Waals surface area contributed by atoms with Crippen LogP contribution in [0.2, 0.25) is 0 Å². The van der Waals surface area contributed by atoms with Gasteiger partial charge in [-0.15, -0.1) is 22.7 Å². The molecule has 2 heterocycles. The Bertz CT molecular complexity index is 581. The average Bonchev–Trinajstić information content (AvgIpc) is 3.08. The van der Waals surface area contributed by atoms with Crippen LogP contribution in [0.5, 0.6) is 0 Å². The molecular formula is C12H13N3O3S2. The third-order valence-corrected chi connectivity index (χ3v) is 4.01. The molecule has 2 N–H and O–H groups in total. The lowest BCUT2D eigenvalue weighted by Crippen LogP contribution is -2.24. The molecule has 0 atom stereocenters. The monoisotopic (exact) mass is 311 g/mol. The smallest absolute Gasteiger partial charge is 0.413 e. The molecular weight excluding hydrogens is 298 g/mol. The molecule has 2 aromatic heterocycles. The van der Waals surface area contributed by atoms with E-state index in [1.165, 1.54) is 18.4 Å². The number of hydrogen-bond acceptors (Lipinski definition) is 6. The molecule has 2 rings (SSSR count). The summed E-state index contributed by atoms with van der Waals surface area (Å²) in [6.45, 7) is 0.522.